The number of fused-ring (bicyclic) bond motifs is 1. The number of pyridine rings is 2. The second-order valence-corrected chi connectivity index (χ2v) is 7.04. The second kappa shape index (κ2) is 7.86. The molecule has 4 rings (SSSR count). The Morgan fingerprint density at radius 3 is 2.79 bits per heavy atom. The number of carbonyl (C=O) groups is 1. The lowest BCUT2D eigenvalue weighted by molar-refractivity contribution is 0.256. The average Bonchev–Trinajstić information content (AvgIpc) is 3.12. The van der Waals surface area contributed by atoms with E-state index in [1.165, 1.54) is 0 Å². The standard InChI is InChI=1S/C20H24N8O/c1-4-9-27-10-11-28(20(29)24-19-22-13-26(3)25-19)18-17(27)6-5-16(23-18)15-7-8-21-14(2)12-15/h5-8,12-13H,4,9-11H2,1-3H3,(H,24,25,29). The summed E-state index contributed by atoms with van der Waals surface area (Å²) in [6, 6.07) is 7.67. The molecule has 0 fully saturated rings. The molecular weight excluding hydrogens is 368 g/mol. The highest BCUT2D eigenvalue weighted by Gasteiger charge is 2.29. The number of aromatic nitrogens is 5. The van der Waals surface area contributed by atoms with Crippen LogP contribution in [-0.4, -0.2) is 50.4 Å². The number of rotatable bonds is 4. The molecule has 0 unspecified atom stereocenters. The van der Waals surface area contributed by atoms with Crippen molar-refractivity contribution in [2.24, 2.45) is 7.05 Å². The molecule has 0 radical (unpaired) electrons. The highest BCUT2D eigenvalue weighted by atomic mass is 16.2. The zero-order valence-corrected chi connectivity index (χ0v) is 16.8. The van der Waals surface area contributed by atoms with Crippen molar-refractivity contribution in [1.29, 1.82) is 0 Å². The molecule has 3 aromatic rings. The van der Waals surface area contributed by atoms with Gasteiger partial charge in [-0.2, -0.15) is 0 Å². The fourth-order valence-corrected chi connectivity index (χ4v) is 3.46. The SMILES string of the molecule is CCCN1CCN(C(=O)Nc2ncn(C)n2)c2nc(-c3ccnc(C)c3)ccc21. The summed E-state index contributed by atoms with van der Waals surface area (Å²) in [4.78, 5) is 30.1. The number of urea groups is 1. The molecule has 0 atom stereocenters. The average molecular weight is 392 g/mol. The van der Waals surface area contributed by atoms with Crippen LogP contribution in [0.3, 0.4) is 0 Å². The van der Waals surface area contributed by atoms with Crippen LogP contribution in [0.25, 0.3) is 11.3 Å². The Hall–Kier alpha value is -3.49. The predicted molar refractivity (Wildman–Crippen MR) is 112 cm³/mol. The Balaban J connectivity index is 1.70. The molecule has 0 saturated heterocycles. The van der Waals surface area contributed by atoms with Crippen LogP contribution in [0.4, 0.5) is 22.2 Å². The van der Waals surface area contributed by atoms with Gasteiger partial charge in [0, 0.05) is 44.1 Å². The summed E-state index contributed by atoms with van der Waals surface area (Å²) < 4.78 is 1.55. The number of nitrogens with one attached hydrogen (secondary N) is 1. The smallest absolute Gasteiger partial charge is 0.330 e. The van der Waals surface area contributed by atoms with Crippen LogP contribution in [0.2, 0.25) is 0 Å². The largest absolute Gasteiger partial charge is 0.367 e. The number of anilines is 3. The summed E-state index contributed by atoms with van der Waals surface area (Å²) in [6.07, 6.45) is 4.34. The van der Waals surface area contributed by atoms with Crippen molar-refractivity contribution >= 4 is 23.5 Å². The molecule has 9 heteroatoms. The van der Waals surface area contributed by atoms with Gasteiger partial charge in [-0.15, -0.1) is 5.10 Å². The van der Waals surface area contributed by atoms with Crippen LogP contribution in [0.5, 0.6) is 0 Å². The van der Waals surface area contributed by atoms with Gasteiger partial charge in [-0.1, -0.05) is 6.92 Å². The molecule has 0 saturated carbocycles. The molecule has 1 aliphatic rings. The van der Waals surface area contributed by atoms with Gasteiger partial charge in [-0.3, -0.25) is 19.9 Å². The van der Waals surface area contributed by atoms with Gasteiger partial charge in [0.1, 0.15) is 6.33 Å². The van der Waals surface area contributed by atoms with E-state index in [0.717, 1.165) is 42.1 Å². The van der Waals surface area contributed by atoms with Crippen LogP contribution >= 0.6 is 0 Å². The topological polar surface area (TPSA) is 92.1 Å². The monoisotopic (exact) mass is 392 g/mol. The predicted octanol–water partition coefficient (Wildman–Crippen LogP) is 2.85. The molecule has 0 aromatic carbocycles. The third kappa shape index (κ3) is 3.89. The van der Waals surface area contributed by atoms with Gasteiger partial charge < -0.3 is 4.90 Å². The third-order valence-electron chi connectivity index (χ3n) is 4.79. The van der Waals surface area contributed by atoms with Crippen LogP contribution < -0.4 is 15.1 Å². The van der Waals surface area contributed by atoms with E-state index < -0.39 is 0 Å². The molecular formula is C20H24N8O. The Morgan fingerprint density at radius 2 is 2.07 bits per heavy atom. The van der Waals surface area contributed by atoms with Gasteiger partial charge in [0.15, 0.2) is 5.82 Å². The summed E-state index contributed by atoms with van der Waals surface area (Å²) in [5.41, 5.74) is 3.66. The maximum Gasteiger partial charge on any atom is 0.330 e. The zero-order valence-electron chi connectivity index (χ0n) is 16.8. The van der Waals surface area contributed by atoms with Crippen molar-refractivity contribution in [2.45, 2.75) is 20.3 Å². The summed E-state index contributed by atoms with van der Waals surface area (Å²) in [7, 11) is 1.76. The molecule has 1 aliphatic heterocycles. The molecule has 9 nitrogen and oxygen atoms in total. The lowest BCUT2D eigenvalue weighted by Crippen LogP contribution is -2.46. The van der Waals surface area contributed by atoms with Crippen LogP contribution in [0.15, 0.2) is 36.8 Å². The molecule has 2 amide bonds. The summed E-state index contributed by atoms with van der Waals surface area (Å²) in [5.74, 6) is 0.918. The van der Waals surface area contributed by atoms with E-state index >= 15 is 0 Å². The Bertz CT molecular complexity index is 1030. The minimum atomic E-state index is -0.288. The lowest BCUT2D eigenvalue weighted by Gasteiger charge is -2.36. The number of hydrogen-bond acceptors (Lipinski definition) is 6. The highest BCUT2D eigenvalue weighted by molar-refractivity contribution is 6.03. The van der Waals surface area contributed by atoms with Gasteiger partial charge in [0.25, 0.3) is 0 Å². The molecule has 3 aromatic heterocycles. The van der Waals surface area contributed by atoms with Crippen molar-refractivity contribution in [2.75, 3.05) is 34.8 Å². The van der Waals surface area contributed by atoms with Gasteiger partial charge >= 0.3 is 6.03 Å². The van der Waals surface area contributed by atoms with Crippen LogP contribution in [0, 0.1) is 6.92 Å². The number of hydrogen-bond donors (Lipinski definition) is 1. The first-order chi connectivity index (χ1) is 14.0. The number of amides is 2. The van der Waals surface area contributed by atoms with E-state index in [1.54, 1.807) is 29.2 Å². The van der Waals surface area contributed by atoms with Crippen LogP contribution in [0.1, 0.15) is 19.0 Å². The maximum atomic E-state index is 13.0. The van der Waals surface area contributed by atoms with Gasteiger partial charge in [0.05, 0.1) is 11.4 Å². The van der Waals surface area contributed by atoms with E-state index in [1.807, 2.05) is 31.2 Å². The Morgan fingerprint density at radius 1 is 1.21 bits per heavy atom. The van der Waals surface area contributed by atoms with E-state index in [2.05, 4.69) is 32.2 Å². The first kappa shape index (κ1) is 18.9. The molecule has 0 spiro atoms. The maximum absolute atomic E-state index is 13.0. The fourth-order valence-electron chi connectivity index (χ4n) is 3.46. The summed E-state index contributed by atoms with van der Waals surface area (Å²) in [6.45, 7) is 6.30. The minimum absolute atomic E-state index is 0.274. The summed E-state index contributed by atoms with van der Waals surface area (Å²) in [5, 5.41) is 6.89. The minimum Gasteiger partial charge on any atom is -0.367 e. The highest BCUT2D eigenvalue weighted by Crippen LogP contribution is 2.34. The molecule has 0 bridgehead atoms. The quantitative estimate of drug-likeness (QED) is 0.734. The van der Waals surface area contributed by atoms with E-state index in [0.29, 0.717) is 12.4 Å². The lowest BCUT2D eigenvalue weighted by atomic mass is 10.1. The van der Waals surface area contributed by atoms with Crippen LogP contribution in [-0.2, 0) is 7.05 Å². The van der Waals surface area contributed by atoms with Gasteiger partial charge in [-0.25, -0.2) is 14.8 Å². The first-order valence-electron chi connectivity index (χ1n) is 9.68. The number of carbonyl (C=O) groups excluding carboxylic acids is 1. The molecule has 0 aliphatic carbocycles. The second-order valence-electron chi connectivity index (χ2n) is 7.04. The third-order valence-corrected chi connectivity index (χ3v) is 4.79. The van der Waals surface area contributed by atoms with E-state index in [9.17, 15) is 4.79 Å². The van der Waals surface area contributed by atoms with Gasteiger partial charge in [-0.05, 0) is 37.6 Å². The van der Waals surface area contributed by atoms with Crippen molar-refractivity contribution < 1.29 is 4.79 Å². The Labute approximate surface area is 169 Å². The normalized spacial score (nSPS) is 13.3. The van der Waals surface area contributed by atoms with Crippen molar-refractivity contribution in [1.82, 2.24) is 24.7 Å². The van der Waals surface area contributed by atoms with E-state index in [-0.39, 0.29) is 12.0 Å². The molecule has 29 heavy (non-hydrogen) atoms. The molecule has 1 N–H and O–H groups in total. The van der Waals surface area contributed by atoms with E-state index in [4.69, 9.17) is 4.98 Å². The number of nitrogens with zero attached hydrogens (tertiary/aromatic N) is 7. The zero-order chi connectivity index (χ0) is 20.4. The number of aryl methyl sites for hydroxylation is 2. The Kier molecular flexibility index (Phi) is 5.11. The first-order valence-corrected chi connectivity index (χ1v) is 9.68. The van der Waals surface area contributed by atoms with Crippen molar-refractivity contribution in [3.8, 4) is 11.3 Å². The summed E-state index contributed by atoms with van der Waals surface area (Å²) >= 11 is 0. The molecule has 4 heterocycles. The van der Waals surface area contributed by atoms with Crippen molar-refractivity contribution in [3.05, 3.63) is 42.5 Å². The molecule has 150 valence electrons. The fraction of sp³-hybridized carbons (Fsp3) is 0.350. The van der Waals surface area contributed by atoms with Crippen molar-refractivity contribution in [3.63, 3.8) is 0 Å². The van der Waals surface area contributed by atoms with Gasteiger partial charge in [0.2, 0.25) is 5.95 Å².